The fourth-order valence-corrected chi connectivity index (χ4v) is 9.34. The Morgan fingerprint density at radius 2 is 0.975 bits per heavy atom. The van der Waals surface area contributed by atoms with Gasteiger partial charge in [0, 0.05) is 5.69 Å². The fourth-order valence-electron chi connectivity index (χ4n) is 6.34. The van der Waals surface area contributed by atoms with Crippen LogP contribution in [0.1, 0.15) is 0 Å². The number of rotatable bonds is 3. The summed E-state index contributed by atoms with van der Waals surface area (Å²) in [6.45, 7) is 0.197. The smallest absolute Gasteiger partial charge is 0.427 e. The molecule has 0 saturated carbocycles. The Kier molecular flexibility index (Phi) is 5.46. The van der Waals surface area contributed by atoms with Crippen molar-refractivity contribution < 1.29 is 4.74 Å². The molecule has 0 fully saturated rings. The molecule has 2 aliphatic rings. The van der Waals surface area contributed by atoms with Crippen molar-refractivity contribution in [3.63, 3.8) is 0 Å². The van der Waals surface area contributed by atoms with E-state index in [1.54, 1.807) is 0 Å². The second-order valence-corrected chi connectivity index (χ2v) is 12.7. The van der Waals surface area contributed by atoms with Gasteiger partial charge in [-0.2, -0.15) is 0 Å². The minimum Gasteiger partial charge on any atom is -0.453 e. The van der Waals surface area contributed by atoms with Gasteiger partial charge in [-0.25, -0.2) is 0 Å². The first kappa shape index (κ1) is 23.1. The van der Waals surface area contributed by atoms with Crippen LogP contribution in [0.5, 0.6) is 11.5 Å². The van der Waals surface area contributed by atoms with Gasteiger partial charge in [0.15, 0.2) is 11.5 Å². The first-order chi connectivity index (χ1) is 19.9. The largest absolute Gasteiger partial charge is 0.453 e. The number of hydrogen-bond acceptors (Lipinski definition) is 2. The van der Waals surface area contributed by atoms with Gasteiger partial charge >= 0.3 is 8.80 Å². The minimum atomic E-state index is -1.09. The fraction of sp³-hybridized carbons (Fsp3) is 0. The van der Waals surface area contributed by atoms with Gasteiger partial charge in [-0.3, -0.25) is 0 Å². The van der Waals surface area contributed by atoms with E-state index in [0.717, 1.165) is 28.6 Å². The zero-order valence-corrected chi connectivity index (χ0v) is 22.9. The number of para-hydroxylation sites is 4. The van der Waals surface area contributed by atoms with Crippen molar-refractivity contribution in [2.75, 3.05) is 4.90 Å². The number of anilines is 3. The van der Waals surface area contributed by atoms with E-state index in [2.05, 4.69) is 132 Å². The molecule has 0 unspecified atom stereocenters. The summed E-state index contributed by atoms with van der Waals surface area (Å²) < 4.78 is 6.23. The Morgan fingerprint density at radius 1 is 0.475 bits per heavy atom. The molecule has 4 heteroatoms. The molecule has 0 aromatic heterocycles. The maximum Gasteiger partial charge on any atom is 0.427 e. The van der Waals surface area contributed by atoms with Crippen LogP contribution in [-0.2, 0) is 0 Å². The van der Waals surface area contributed by atoms with E-state index >= 15 is 0 Å². The molecule has 0 bridgehead atoms. The summed E-state index contributed by atoms with van der Waals surface area (Å²) >= 11 is 0. The van der Waals surface area contributed by atoms with Gasteiger partial charge in [-0.05, 0) is 71.6 Å². The highest BCUT2D eigenvalue weighted by atomic mass is 28.3. The van der Waals surface area contributed by atoms with Crippen LogP contribution in [0.4, 0.5) is 17.1 Å². The molecule has 0 atom stereocenters. The number of benzene rings is 6. The first-order valence-corrected chi connectivity index (χ1v) is 15.2. The van der Waals surface area contributed by atoms with Crippen LogP contribution in [0.2, 0.25) is 0 Å². The lowest BCUT2D eigenvalue weighted by Gasteiger charge is -2.33. The minimum absolute atomic E-state index is 0.197. The summed E-state index contributed by atoms with van der Waals surface area (Å²) in [7, 11) is -1.09. The van der Waals surface area contributed by atoms with E-state index < -0.39 is 8.80 Å². The van der Waals surface area contributed by atoms with Crippen molar-refractivity contribution in [2.24, 2.45) is 0 Å². The zero-order chi connectivity index (χ0) is 26.5. The molecule has 0 radical (unpaired) electrons. The van der Waals surface area contributed by atoms with Gasteiger partial charge in [-0.15, -0.1) is 0 Å². The van der Waals surface area contributed by atoms with Gasteiger partial charge in [0.1, 0.15) is 15.6 Å². The molecule has 0 amide bonds. The lowest BCUT2D eigenvalue weighted by molar-refractivity contribution is 0.477. The number of nitrogens with zero attached hydrogens (tertiary/aromatic N) is 1. The molecular weight excluding hydrogens is 501 g/mol. The van der Waals surface area contributed by atoms with E-state index in [1.165, 1.54) is 31.9 Å². The molecule has 2 heterocycles. The Bertz CT molecular complexity index is 1760. The van der Waals surface area contributed by atoms with Crippen molar-refractivity contribution in [1.29, 1.82) is 0 Å². The number of ether oxygens (including phenoxy) is 1. The van der Waals surface area contributed by atoms with Crippen molar-refractivity contribution >= 4 is 64.5 Å². The topological polar surface area (TPSA) is 12.5 Å². The monoisotopic (exact) mass is 526 g/mol. The number of hydrogen-bond donors (Lipinski definition) is 0. The maximum atomic E-state index is 6.23. The van der Waals surface area contributed by atoms with Crippen LogP contribution in [0, 0.1) is 0 Å². The standard InChI is InChI=1S/C36H25BNOSi/c1-2-12-28(13-3-1)40-35-20-10-4-14-29(35)37(30-15-5-11-21-36(30)40)26-22-24-27(25-23-26)38-31-16-6-8-18-33(31)39-34-19-9-7-17-32(34)38/h1-25H/q+1. The highest BCUT2D eigenvalue weighted by Crippen LogP contribution is 2.49. The van der Waals surface area contributed by atoms with Crippen LogP contribution in [0.15, 0.2) is 152 Å². The quantitative estimate of drug-likeness (QED) is 0.312. The summed E-state index contributed by atoms with van der Waals surface area (Å²) in [5.41, 5.74) is 7.39. The third-order valence-corrected chi connectivity index (χ3v) is 11.0. The summed E-state index contributed by atoms with van der Waals surface area (Å²) in [5.74, 6) is 1.74. The van der Waals surface area contributed by atoms with Gasteiger partial charge in [-0.1, -0.05) is 96.5 Å². The molecule has 0 N–H and O–H groups in total. The van der Waals surface area contributed by atoms with Crippen LogP contribution < -0.4 is 41.6 Å². The van der Waals surface area contributed by atoms with Crippen molar-refractivity contribution in [1.82, 2.24) is 0 Å². The summed E-state index contributed by atoms with van der Waals surface area (Å²) in [5, 5.41) is 4.41. The van der Waals surface area contributed by atoms with Crippen LogP contribution in [0.25, 0.3) is 0 Å². The predicted molar refractivity (Wildman–Crippen MR) is 170 cm³/mol. The second kappa shape index (κ2) is 9.44. The summed E-state index contributed by atoms with van der Waals surface area (Å²) in [6, 6.07) is 54.9. The molecule has 0 saturated heterocycles. The molecule has 6 aromatic rings. The Morgan fingerprint density at radius 3 is 1.57 bits per heavy atom. The third kappa shape index (κ3) is 3.64. The molecule has 40 heavy (non-hydrogen) atoms. The van der Waals surface area contributed by atoms with Gasteiger partial charge in [0.25, 0.3) is 0 Å². The first-order valence-electron chi connectivity index (χ1n) is 13.7. The van der Waals surface area contributed by atoms with E-state index in [4.69, 9.17) is 4.74 Å². The van der Waals surface area contributed by atoms with E-state index in [1.807, 2.05) is 24.3 Å². The Balaban J connectivity index is 1.25. The predicted octanol–water partition coefficient (Wildman–Crippen LogP) is 4.61. The highest BCUT2D eigenvalue weighted by Gasteiger charge is 2.47. The Hall–Kier alpha value is -4.80. The molecule has 2 nitrogen and oxygen atoms in total. The molecule has 0 spiro atoms. The molecular formula is C36H25BNOSi+. The SMILES string of the molecule is c1ccc([Si+]2c3ccccc3B(c3ccc(N4c5ccccc5Oc5ccccc54)cc3)c3ccccc32)cc1. The normalized spacial score (nSPS) is 13.1. The van der Waals surface area contributed by atoms with Gasteiger partial charge in [0.2, 0.25) is 6.71 Å². The molecule has 0 aliphatic carbocycles. The third-order valence-electron chi connectivity index (χ3n) is 8.06. The maximum absolute atomic E-state index is 6.23. The van der Waals surface area contributed by atoms with Crippen molar-refractivity contribution in [3.8, 4) is 11.5 Å². The van der Waals surface area contributed by atoms with Crippen molar-refractivity contribution in [2.45, 2.75) is 0 Å². The second-order valence-electron chi connectivity index (χ2n) is 10.3. The van der Waals surface area contributed by atoms with E-state index in [9.17, 15) is 0 Å². The zero-order valence-electron chi connectivity index (χ0n) is 21.9. The average molecular weight is 527 g/mol. The Labute approximate surface area is 236 Å². The highest BCUT2D eigenvalue weighted by molar-refractivity contribution is 7.11. The van der Waals surface area contributed by atoms with Gasteiger partial charge in [0.05, 0.1) is 11.4 Å². The van der Waals surface area contributed by atoms with Crippen LogP contribution in [0.3, 0.4) is 0 Å². The molecule has 2 aliphatic heterocycles. The lowest BCUT2D eigenvalue weighted by atomic mass is 9.36. The summed E-state index contributed by atoms with van der Waals surface area (Å²) in [6.07, 6.45) is 0. The van der Waals surface area contributed by atoms with Crippen LogP contribution in [-0.4, -0.2) is 15.5 Å². The average Bonchev–Trinajstić information content (AvgIpc) is 3.03. The van der Waals surface area contributed by atoms with Gasteiger partial charge < -0.3 is 9.64 Å². The van der Waals surface area contributed by atoms with Crippen LogP contribution >= 0.6 is 0 Å². The van der Waals surface area contributed by atoms with E-state index in [0.29, 0.717) is 0 Å². The molecule has 186 valence electrons. The number of fused-ring (bicyclic) bond motifs is 4. The van der Waals surface area contributed by atoms with Crippen molar-refractivity contribution in [3.05, 3.63) is 152 Å². The van der Waals surface area contributed by atoms with E-state index in [-0.39, 0.29) is 6.71 Å². The summed E-state index contributed by atoms with van der Waals surface area (Å²) in [4.78, 5) is 2.30. The lowest BCUT2D eigenvalue weighted by Crippen LogP contribution is -2.74. The molecule has 8 rings (SSSR count). The molecule has 6 aromatic carbocycles.